The molecule has 2 fully saturated rings. The van der Waals surface area contributed by atoms with Gasteiger partial charge in [0.15, 0.2) is 0 Å². The van der Waals surface area contributed by atoms with Crippen molar-refractivity contribution in [2.24, 2.45) is 5.92 Å². The number of rotatable bonds is 7. The second-order valence-electron chi connectivity index (χ2n) is 8.76. The Morgan fingerprint density at radius 2 is 1.67 bits per heavy atom. The van der Waals surface area contributed by atoms with E-state index in [1.54, 1.807) is 0 Å². The van der Waals surface area contributed by atoms with Gasteiger partial charge >= 0.3 is 41.5 Å². The summed E-state index contributed by atoms with van der Waals surface area (Å²) in [5, 5.41) is 20.4. The molecule has 8 heteroatoms. The van der Waals surface area contributed by atoms with Gasteiger partial charge in [0.2, 0.25) is 5.89 Å². The zero-order valence-electron chi connectivity index (χ0n) is 17.9. The molecule has 7 nitrogen and oxygen atoms in total. The minimum atomic E-state index is -0.752. The van der Waals surface area contributed by atoms with Gasteiger partial charge in [0.25, 0.3) is 0 Å². The number of nitrogens with one attached hydrogen (secondary N) is 1. The molecule has 3 aromatic rings. The number of carboxylic acid groups (broad SMARTS) is 1. The van der Waals surface area contributed by atoms with Crippen molar-refractivity contribution in [1.29, 1.82) is 0 Å². The average molecular weight is 458 g/mol. The molecule has 1 aromatic heterocycles. The van der Waals surface area contributed by atoms with Gasteiger partial charge in [0, 0.05) is 11.6 Å². The van der Waals surface area contributed by atoms with Crippen molar-refractivity contribution < 1.29 is 19.1 Å². The van der Waals surface area contributed by atoms with E-state index in [1.165, 1.54) is 6.42 Å². The second-order valence-corrected chi connectivity index (χ2v) is 8.76. The molecule has 1 aliphatic carbocycles. The molecule has 168 valence electrons. The van der Waals surface area contributed by atoms with Crippen LogP contribution in [0.5, 0.6) is 0 Å². The van der Waals surface area contributed by atoms with Crippen molar-refractivity contribution in [3.63, 3.8) is 0 Å². The number of carboxylic acids is 1. The summed E-state index contributed by atoms with van der Waals surface area (Å²) in [7, 11) is 0. The Balaban J connectivity index is 0.00000259. The number of carbonyl (C=O) groups is 1. The summed E-state index contributed by atoms with van der Waals surface area (Å²) < 4.78 is 11.7. The van der Waals surface area contributed by atoms with Gasteiger partial charge in [-0.1, -0.05) is 47.9 Å². The summed E-state index contributed by atoms with van der Waals surface area (Å²) in [6.07, 6.45) is 5.47. The molecule has 2 N–H and O–H groups in total. The van der Waals surface area contributed by atoms with Crippen molar-refractivity contribution >= 4 is 47.2 Å². The Kier molecular flexibility index (Phi) is 7.86. The number of ether oxygens (including phenoxy) is 1. The van der Waals surface area contributed by atoms with Gasteiger partial charge in [0.05, 0.1) is 19.1 Å². The number of aromatic nitrogens is 2. The van der Waals surface area contributed by atoms with E-state index in [9.17, 15) is 4.79 Å². The van der Waals surface area contributed by atoms with E-state index < -0.39 is 5.97 Å². The van der Waals surface area contributed by atoms with Crippen LogP contribution >= 0.6 is 0 Å². The third-order valence-corrected chi connectivity index (χ3v) is 6.48. The number of hydrogen-bond donors (Lipinski definition) is 2. The van der Waals surface area contributed by atoms with Gasteiger partial charge in [-0.15, -0.1) is 5.10 Å². The standard InChI is InChI=1S/C25H27N3O4.Na.H/c29-23(30)14-16-4-13-22(31-15-16)19-7-5-17(6-8-19)18-9-11-21(12-10-18)26-25-28-27-24(32-25)20-2-1-3-20;;/h5-12,16,20,22H,1-4,13-15H2,(H,26,28)(H,29,30);;. The Morgan fingerprint density at radius 3 is 2.24 bits per heavy atom. The fourth-order valence-electron chi connectivity index (χ4n) is 4.34. The molecule has 5 rings (SSSR count). The third kappa shape index (κ3) is 5.84. The first-order chi connectivity index (χ1) is 15.6. The zero-order chi connectivity index (χ0) is 21.9. The molecule has 2 aliphatic rings. The molecule has 0 bridgehead atoms. The molecule has 2 heterocycles. The van der Waals surface area contributed by atoms with Crippen molar-refractivity contribution in [3.8, 4) is 11.1 Å². The van der Waals surface area contributed by atoms with Crippen LogP contribution in [0.4, 0.5) is 11.7 Å². The van der Waals surface area contributed by atoms with Crippen LogP contribution < -0.4 is 5.32 Å². The minimum absolute atomic E-state index is 0. The van der Waals surface area contributed by atoms with Gasteiger partial charge in [-0.2, -0.15) is 0 Å². The first kappa shape index (κ1) is 24.0. The zero-order valence-corrected chi connectivity index (χ0v) is 17.9. The number of aliphatic carboxylic acids is 1. The summed E-state index contributed by atoms with van der Waals surface area (Å²) in [6, 6.07) is 17.0. The molecule has 1 aliphatic heterocycles. The predicted octanol–water partition coefficient (Wildman–Crippen LogP) is 5.04. The Labute approximate surface area is 215 Å². The quantitative estimate of drug-likeness (QED) is 0.480. The number of benzene rings is 2. The Hall–Kier alpha value is -2.19. The van der Waals surface area contributed by atoms with Crippen LogP contribution in [0.15, 0.2) is 52.9 Å². The average Bonchev–Trinajstić information content (AvgIpc) is 3.21. The molecule has 1 saturated heterocycles. The van der Waals surface area contributed by atoms with Gasteiger partial charge in [-0.25, -0.2) is 0 Å². The van der Waals surface area contributed by atoms with Crippen LogP contribution in [0, 0.1) is 5.92 Å². The van der Waals surface area contributed by atoms with Crippen molar-refractivity contribution in [1.82, 2.24) is 10.2 Å². The summed E-state index contributed by atoms with van der Waals surface area (Å²) >= 11 is 0. The van der Waals surface area contributed by atoms with Crippen molar-refractivity contribution in [2.75, 3.05) is 11.9 Å². The van der Waals surface area contributed by atoms with E-state index in [2.05, 4.69) is 51.9 Å². The van der Waals surface area contributed by atoms with Crippen LogP contribution in [-0.4, -0.2) is 57.4 Å². The van der Waals surface area contributed by atoms with Gasteiger partial charge < -0.3 is 19.6 Å². The summed E-state index contributed by atoms with van der Waals surface area (Å²) in [6.45, 7) is 0.509. The predicted molar refractivity (Wildman–Crippen MR) is 127 cm³/mol. The van der Waals surface area contributed by atoms with E-state index >= 15 is 0 Å². The molecule has 33 heavy (non-hydrogen) atoms. The normalized spacial score (nSPS) is 20.5. The van der Waals surface area contributed by atoms with Crippen LogP contribution in [0.3, 0.4) is 0 Å². The monoisotopic (exact) mass is 457 g/mol. The Morgan fingerprint density at radius 1 is 0.970 bits per heavy atom. The molecule has 2 atom stereocenters. The molecule has 0 amide bonds. The van der Waals surface area contributed by atoms with E-state index in [1.807, 2.05) is 12.1 Å². The van der Waals surface area contributed by atoms with Gasteiger partial charge in [-0.3, -0.25) is 4.79 Å². The maximum atomic E-state index is 10.9. The third-order valence-electron chi connectivity index (χ3n) is 6.48. The molecule has 0 spiro atoms. The van der Waals surface area contributed by atoms with Crippen LogP contribution in [0.25, 0.3) is 11.1 Å². The van der Waals surface area contributed by atoms with Crippen LogP contribution in [0.2, 0.25) is 0 Å². The maximum absolute atomic E-state index is 10.9. The van der Waals surface area contributed by atoms with Gasteiger partial charge in [0.1, 0.15) is 0 Å². The molecule has 1 saturated carbocycles. The molecular weight excluding hydrogens is 429 g/mol. The number of anilines is 2. The summed E-state index contributed by atoms with van der Waals surface area (Å²) in [5.41, 5.74) is 4.29. The fraction of sp³-hybridized carbons (Fsp3) is 0.400. The second kappa shape index (κ2) is 10.8. The van der Waals surface area contributed by atoms with E-state index in [0.29, 0.717) is 18.5 Å². The SMILES string of the molecule is O=C(O)CC1CCC(c2ccc(-c3ccc(Nc4nnc(C5CCC5)o4)cc3)cc2)OC1.[NaH]. The molecular formula is C25H28N3NaO4. The first-order valence-electron chi connectivity index (χ1n) is 11.3. The topological polar surface area (TPSA) is 97.5 Å². The molecule has 2 unspecified atom stereocenters. The fourth-order valence-corrected chi connectivity index (χ4v) is 4.34. The summed E-state index contributed by atoms with van der Waals surface area (Å²) in [5.74, 6) is 0.522. The van der Waals surface area contributed by atoms with Crippen LogP contribution in [0.1, 0.15) is 62.0 Å². The number of hydrogen-bond acceptors (Lipinski definition) is 6. The number of nitrogens with zero attached hydrogens (tertiary/aromatic N) is 2. The van der Waals surface area contributed by atoms with Crippen molar-refractivity contribution in [3.05, 3.63) is 60.0 Å². The molecule has 2 aromatic carbocycles. The van der Waals surface area contributed by atoms with E-state index in [0.717, 1.165) is 54.0 Å². The Bertz CT molecular complexity index is 1060. The molecule has 0 radical (unpaired) electrons. The van der Waals surface area contributed by atoms with Crippen molar-refractivity contribution in [2.45, 2.75) is 50.5 Å². The summed E-state index contributed by atoms with van der Waals surface area (Å²) in [4.78, 5) is 10.9. The van der Waals surface area contributed by atoms with E-state index in [4.69, 9.17) is 14.3 Å². The first-order valence-corrected chi connectivity index (χ1v) is 11.3. The van der Waals surface area contributed by atoms with Gasteiger partial charge in [-0.05, 0) is 60.4 Å². The van der Waals surface area contributed by atoms with E-state index in [-0.39, 0.29) is 48.0 Å². The van der Waals surface area contributed by atoms with Crippen LogP contribution in [-0.2, 0) is 9.53 Å².